The third kappa shape index (κ3) is 7.69. The minimum absolute atomic E-state index is 0. The molecule has 0 heterocycles. The molecule has 0 aromatic heterocycles. The third-order valence-electron chi connectivity index (χ3n) is 2.47. The number of carbonyl (C=O) groups excluding carboxylic acids is 1. The maximum absolute atomic E-state index is 11.5. The maximum Gasteiger partial charge on any atom is 0.338 e. The molecule has 116 valence electrons. The van der Waals surface area contributed by atoms with Crippen LogP contribution < -0.4 is 11.1 Å². The van der Waals surface area contributed by atoms with Crippen molar-refractivity contribution in [3.8, 4) is 0 Å². The van der Waals surface area contributed by atoms with E-state index in [0.717, 1.165) is 11.1 Å². The minimum atomic E-state index is -0.315. The lowest BCUT2D eigenvalue weighted by molar-refractivity contribution is 0.0526. The predicted octanol–water partition coefficient (Wildman–Crippen LogP) is 2.46. The number of benzene rings is 1. The van der Waals surface area contributed by atoms with Gasteiger partial charge in [-0.25, -0.2) is 9.79 Å². The SMILES string of the molecule is C=C(C)CNC(N)=NCc1ccc(C(=O)OCC)cc1.I. The second kappa shape index (κ2) is 10.2. The van der Waals surface area contributed by atoms with Crippen molar-refractivity contribution in [1.82, 2.24) is 5.32 Å². The number of halogens is 1. The summed E-state index contributed by atoms with van der Waals surface area (Å²) in [5, 5.41) is 2.95. The third-order valence-corrected chi connectivity index (χ3v) is 2.47. The number of esters is 1. The summed E-state index contributed by atoms with van der Waals surface area (Å²) < 4.78 is 4.92. The number of carbonyl (C=O) groups is 1. The van der Waals surface area contributed by atoms with Gasteiger partial charge in [0.05, 0.1) is 18.7 Å². The summed E-state index contributed by atoms with van der Waals surface area (Å²) in [5.74, 6) is 0.0626. The lowest BCUT2D eigenvalue weighted by Gasteiger charge is -2.05. The molecule has 0 unspecified atom stereocenters. The van der Waals surface area contributed by atoms with Gasteiger partial charge in [0.25, 0.3) is 0 Å². The molecule has 6 heteroatoms. The van der Waals surface area contributed by atoms with Crippen LogP contribution in [0.5, 0.6) is 0 Å². The quantitative estimate of drug-likeness (QED) is 0.252. The second-order valence-electron chi connectivity index (χ2n) is 4.43. The van der Waals surface area contributed by atoms with E-state index in [9.17, 15) is 4.79 Å². The molecule has 0 saturated carbocycles. The van der Waals surface area contributed by atoms with Crippen molar-refractivity contribution >= 4 is 35.9 Å². The average molecular weight is 403 g/mol. The number of ether oxygens (including phenoxy) is 1. The van der Waals surface area contributed by atoms with Crippen molar-refractivity contribution in [2.45, 2.75) is 20.4 Å². The number of guanidine groups is 1. The van der Waals surface area contributed by atoms with Gasteiger partial charge in [-0.3, -0.25) is 0 Å². The zero-order valence-corrected chi connectivity index (χ0v) is 14.7. The number of hydrogen-bond donors (Lipinski definition) is 2. The van der Waals surface area contributed by atoms with Crippen molar-refractivity contribution in [2.24, 2.45) is 10.7 Å². The fourth-order valence-electron chi connectivity index (χ4n) is 1.43. The van der Waals surface area contributed by atoms with Crippen LogP contribution in [-0.4, -0.2) is 25.1 Å². The highest BCUT2D eigenvalue weighted by Crippen LogP contribution is 2.07. The Morgan fingerprint density at radius 1 is 1.38 bits per heavy atom. The molecule has 0 radical (unpaired) electrons. The predicted molar refractivity (Wildman–Crippen MR) is 96.0 cm³/mol. The number of nitrogens with zero attached hydrogens (tertiary/aromatic N) is 1. The van der Waals surface area contributed by atoms with Gasteiger partial charge in [0.15, 0.2) is 5.96 Å². The molecule has 0 amide bonds. The maximum atomic E-state index is 11.5. The van der Waals surface area contributed by atoms with E-state index in [2.05, 4.69) is 16.9 Å². The smallest absolute Gasteiger partial charge is 0.338 e. The number of aliphatic imine (C=N–C) groups is 1. The topological polar surface area (TPSA) is 76.7 Å². The summed E-state index contributed by atoms with van der Waals surface area (Å²) in [7, 11) is 0. The molecule has 3 N–H and O–H groups in total. The van der Waals surface area contributed by atoms with Crippen molar-refractivity contribution in [2.75, 3.05) is 13.2 Å². The van der Waals surface area contributed by atoms with E-state index in [1.165, 1.54) is 0 Å². The van der Waals surface area contributed by atoms with Gasteiger partial charge in [0.1, 0.15) is 0 Å². The first kappa shape index (κ1) is 19.4. The highest BCUT2D eigenvalue weighted by atomic mass is 127. The van der Waals surface area contributed by atoms with Crippen LogP contribution >= 0.6 is 24.0 Å². The Kier molecular flexibility index (Phi) is 9.44. The minimum Gasteiger partial charge on any atom is -0.462 e. The van der Waals surface area contributed by atoms with Gasteiger partial charge in [-0.2, -0.15) is 0 Å². The summed E-state index contributed by atoms with van der Waals surface area (Å²) in [5.41, 5.74) is 8.20. The number of nitrogens with two attached hydrogens (primary N) is 1. The van der Waals surface area contributed by atoms with E-state index >= 15 is 0 Å². The van der Waals surface area contributed by atoms with E-state index < -0.39 is 0 Å². The van der Waals surface area contributed by atoms with Crippen LogP contribution in [0.3, 0.4) is 0 Å². The standard InChI is InChI=1S/C15H21N3O2.HI/c1-4-20-14(19)13-7-5-12(6-8-13)10-18-15(16)17-9-11(2)3;/h5-8H,2,4,9-10H2,1,3H3,(H3,16,17,18);1H. The van der Waals surface area contributed by atoms with Crippen molar-refractivity contribution in [3.05, 3.63) is 47.5 Å². The number of hydrogen-bond acceptors (Lipinski definition) is 3. The first-order chi connectivity index (χ1) is 9.52. The van der Waals surface area contributed by atoms with E-state index in [1.807, 2.05) is 19.1 Å². The number of nitrogens with one attached hydrogen (secondary N) is 1. The molecule has 1 rings (SSSR count). The Labute approximate surface area is 142 Å². The first-order valence-corrected chi connectivity index (χ1v) is 6.47. The Hall–Kier alpha value is -1.57. The van der Waals surface area contributed by atoms with E-state index in [1.54, 1.807) is 19.1 Å². The largest absolute Gasteiger partial charge is 0.462 e. The van der Waals surface area contributed by atoms with Crippen LogP contribution in [0.1, 0.15) is 29.8 Å². The fraction of sp³-hybridized carbons (Fsp3) is 0.333. The first-order valence-electron chi connectivity index (χ1n) is 6.47. The van der Waals surface area contributed by atoms with Crippen LogP contribution in [0, 0.1) is 0 Å². The molecule has 0 bridgehead atoms. The van der Waals surface area contributed by atoms with Gasteiger partial charge in [-0.05, 0) is 31.5 Å². The average Bonchev–Trinajstić information content (AvgIpc) is 2.43. The van der Waals surface area contributed by atoms with Gasteiger partial charge >= 0.3 is 5.97 Å². The van der Waals surface area contributed by atoms with Gasteiger partial charge in [0.2, 0.25) is 0 Å². The highest BCUT2D eigenvalue weighted by molar-refractivity contribution is 14.0. The van der Waals surface area contributed by atoms with E-state index in [0.29, 0.717) is 31.2 Å². The van der Waals surface area contributed by atoms with Crippen molar-refractivity contribution in [1.29, 1.82) is 0 Å². The Morgan fingerprint density at radius 3 is 2.52 bits per heavy atom. The molecule has 0 aliphatic heterocycles. The zero-order chi connectivity index (χ0) is 15.0. The molecule has 1 aromatic carbocycles. The summed E-state index contributed by atoms with van der Waals surface area (Å²) in [6.45, 7) is 8.90. The van der Waals surface area contributed by atoms with Gasteiger partial charge < -0.3 is 15.8 Å². The van der Waals surface area contributed by atoms with Crippen LogP contribution in [0.2, 0.25) is 0 Å². The van der Waals surface area contributed by atoms with E-state index in [4.69, 9.17) is 10.5 Å². The molecular weight excluding hydrogens is 381 g/mol. The van der Waals surface area contributed by atoms with Gasteiger partial charge in [-0.15, -0.1) is 24.0 Å². The van der Waals surface area contributed by atoms with Crippen LogP contribution in [-0.2, 0) is 11.3 Å². The normalized spacial score (nSPS) is 10.5. The van der Waals surface area contributed by atoms with Crippen LogP contribution in [0.4, 0.5) is 0 Å². The summed E-state index contributed by atoms with van der Waals surface area (Å²) in [6.07, 6.45) is 0. The molecular formula is C15H22IN3O2. The van der Waals surface area contributed by atoms with Crippen LogP contribution in [0.15, 0.2) is 41.4 Å². The van der Waals surface area contributed by atoms with Crippen LogP contribution in [0.25, 0.3) is 0 Å². The molecule has 0 spiro atoms. The Balaban J connectivity index is 0.00000400. The van der Waals surface area contributed by atoms with E-state index in [-0.39, 0.29) is 29.9 Å². The van der Waals surface area contributed by atoms with Gasteiger partial charge in [0, 0.05) is 6.54 Å². The molecule has 0 fully saturated rings. The number of rotatable bonds is 6. The zero-order valence-electron chi connectivity index (χ0n) is 12.4. The summed E-state index contributed by atoms with van der Waals surface area (Å²) in [6, 6.07) is 7.12. The van der Waals surface area contributed by atoms with Gasteiger partial charge in [-0.1, -0.05) is 24.3 Å². The molecule has 1 aromatic rings. The molecule has 21 heavy (non-hydrogen) atoms. The van der Waals surface area contributed by atoms with Crippen molar-refractivity contribution in [3.63, 3.8) is 0 Å². The summed E-state index contributed by atoms with van der Waals surface area (Å²) in [4.78, 5) is 15.7. The molecule has 0 aliphatic rings. The Bertz CT molecular complexity index is 498. The van der Waals surface area contributed by atoms with Crippen molar-refractivity contribution < 1.29 is 9.53 Å². The Morgan fingerprint density at radius 2 is 2.00 bits per heavy atom. The highest BCUT2D eigenvalue weighted by Gasteiger charge is 2.05. The summed E-state index contributed by atoms with van der Waals surface area (Å²) >= 11 is 0. The lowest BCUT2D eigenvalue weighted by Crippen LogP contribution is -2.32. The molecule has 0 saturated heterocycles. The molecule has 0 aliphatic carbocycles. The lowest BCUT2D eigenvalue weighted by atomic mass is 10.1. The monoisotopic (exact) mass is 403 g/mol. The molecule has 5 nitrogen and oxygen atoms in total. The second-order valence-corrected chi connectivity index (χ2v) is 4.43. The fourth-order valence-corrected chi connectivity index (χ4v) is 1.43. The molecule has 0 atom stereocenters.